The largest absolute Gasteiger partial charge is 0.496 e. The van der Waals surface area contributed by atoms with Crippen LogP contribution in [0.15, 0.2) is 60.8 Å². The number of pyridine rings is 1. The fraction of sp³-hybridized carbons (Fsp3) is 0.160. The number of aromatic nitrogens is 3. The van der Waals surface area contributed by atoms with Crippen molar-refractivity contribution in [2.24, 2.45) is 0 Å². The lowest BCUT2D eigenvalue weighted by molar-refractivity contribution is 0.102. The van der Waals surface area contributed by atoms with Gasteiger partial charge in [0.25, 0.3) is 11.1 Å². The number of nitrogens with zero attached hydrogens (tertiary/aromatic N) is 4. The highest BCUT2D eigenvalue weighted by Gasteiger charge is 2.19. The summed E-state index contributed by atoms with van der Waals surface area (Å²) >= 11 is 7.02. The van der Waals surface area contributed by atoms with E-state index in [1.807, 2.05) is 42.5 Å². The van der Waals surface area contributed by atoms with Gasteiger partial charge in [0.2, 0.25) is 5.13 Å². The molecule has 35 heavy (non-hydrogen) atoms. The number of nitriles is 1. The van der Waals surface area contributed by atoms with Crippen molar-refractivity contribution in [1.82, 2.24) is 15.2 Å². The summed E-state index contributed by atoms with van der Waals surface area (Å²) in [6, 6.07) is 18.6. The van der Waals surface area contributed by atoms with Crippen molar-refractivity contribution in [3.05, 3.63) is 82.6 Å². The third-order valence-electron chi connectivity index (χ3n) is 5.00. The minimum absolute atomic E-state index is 0.292. The molecular formula is C25H20ClN5O3S. The van der Waals surface area contributed by atoms with Gasteiger partial charge >= 0.3 is 0 Å². The molecule has 0 saturated heterocycles. The number of carbonyl (C=O) groups is 1. The number of anilines is 1. The van der Waals surface area contributed by atoms with Crippen LogP contribution in [0.25, 0.3) is 11.1 Å². The van der Waals surface area contributed by atoms with Gasteiger partial charge in [0, 0.05) is 40.9 Å². The molecule has 0 fully saturated rings. The van der Waals surface area contributed by atoms with Gasteiger partial charge < -0.3 is 9.47 Å². The minimum atomic E-state index is -0.398. The molecule has 0 saturated carbocycles. The van der Waals surface area contributed by atoms with E-state index in [2.05, 4.69) is 26.6 Å². The Balaban J connectivity index is 1.54. The van der Waals surface area contributed by atoms with E-state index >= 15 is 0 Å². The maximum atomic E-state index is 13.2. The molecule has 4 aromatic rings. The van der Waals surface area contributed by atoms with Gasteiger partial charge in [-0.05, 0) is 41.2 Å². The van der Waals surface area contributed by atoms with Gasteiger partial charge in [-0.15, -0.1) is 5.10 Å². The Morgan fingerprint density at radius 1 is 1.14 bits per heavy atom. The molecule has 4 rings (SSSR count). The van der Waals surface area contributed by atoms with E-state index in [9.17, 15) is 4.79 Å². The summed E-state index contributed by atoms with van der Waals surface area (Å²) in [6.45, 7) is 0.297. The SMILES string of the molecule is COc1ccccc1-c1cc(CCC#N)ncc1C(=O)Nc1nnc(OCc2ccc(Cl)cc2)s1. The van der Waals surface area contributed by atoms with Gasteiger partial charge in [-0.3, -0.25) is 15.1 Å². The van der Waals surface area contributed by atoms with Crippen molar-refractivity contribution in [2.75, 3.05) is 12.4 Å². The summed E-state index contributed by atoms with van der Waals surface area (Å²) in [7, 11) is 1.57. The summed E-state index contributed by atoms with van der Waals surface area (Å²) in [4.78, 5) is 17.6. The van der Waals surface area contributed by atoms with Gasteiger partial charge in [-0.25, -0.2) is 0 Å². The number of benzene rings is 2. The number of carbonyl (C=O) groups excluding carboxylic acids is 1. The van der Waals surface area contributed by atoms with Crippen molar-refractivity contribution in [2.45, 2.75) is 19.4 Å². The lowest BCUT2D eigenvalue weighted by Crippen LogP contribution is -2.14. The molecule has 1 amide bonds. The Morgan fingerprint density at radius 2 is 1.94 bits per heavy atom. The molecular weight excluding hydrogens is 486 g/mol. The van der Waals surface area contributed by atoms with Crippen molar-refractivity contribution in [3.8, 4) is 28.1 Å². The third-order valence-corrected chi connectivity index (χ3v) is 6.00. The normalized spacial score (nSPS) is 10.4. The molecule has 10 heteroatoms. The van der Waals surface area contributed by atoms with Crippen LogP contribution in [0.5, 0.6) is 10.9 Å². The maximum Gasteiger partial charge on any atom is 0.296 e. The number of aryl methyl sites for hydroxylation is 1. The van der Waals surface area contributed by atoms with Crippen LogP contribution in [0.4, 0.5) is 5.13 Å². The number of ether oxygens (including phenoxy) is 2. The lowest BCUT2D eigenvalue weighted by atomic mass is 9.98. The lowest BCUT2D eigenvalue weighted by Gasteiger charge is -2.13. The highest BCUT2D eigenvalue weighted by molar-refractivity contribution is 7.17. The molecule has 0 unspecified atom stereocenters. The highest BCUT2D eigenvalue weighted by Crippen LogP contribution is 2.33. The molecule has 0 aliphatic carbocycles. The third kappa shape index (κ3) is 6.12. The Bertz CT molecular complexity index is 1370. The first-order chi connectivity index (χ1) is 17.1. The molecule has 0 bridgehead atoms. The number of halogens is 1. The molecule has 1 N–H and O–H groups in total. The number of amides is 1. The molecule has 8 nitrogen and oxygen atoms in total. The number of hydrogen-bond acceptors (Lipinski definition) is 8. The monoisotopic (exact) mass is 505 g/mol. The van der Waals surface area contributed by atoms with E-state index in [0.717, 1.165) is 22.5 Å². The predicted octanol–water partition coefficient (Wildman–Crippen LogP) is 5.55. The fourth-order valence-corrected chi connectivity index (χ4v) is 4.02. The van der Waals surface area contributed by atoms with E-state index in [0.29, 0.717) is 57.4 Å². The van der Waals surface area contributed by atoms with Crippen LogP contribution >= 0.6 is 22.9 Å². The molecule has 0 spiro atoms. The zero-order valence-corrected chi connectivity index (χ0v) is 20.3. The topological polar surface area (TPSA) is 110 Å². The molecule has 0 aliphatic heterocycles. The van der Waals surface area contributed by atoms with Gasteiger partial charge in [0.1, 0.15) is 12.4 Å². The first kappa shape index (κ1) is 24.1. The van der Waals surface area contributed by atoms with Crippen LogP contribution in [0.1, 0.15) is 28.0 Å². The van der Waals surface area contributed by atoms with Gasteiger partial charge in [-0.1, -0.05) is 47.0 Å². The van der Waals surface area contributed by atoms with Crippen molar-refractivity contribution >= 4 is 34.0 Å². The smallest absolute Gasteiger partial charge is 0.296 e. The number of nitrogens with one attached hydrogen (secondary N) is 1. The average Bonchev–Trinajstić information content (AvgIpc) is 3.34. The zero-order chi connectivity index (χ0) is 24.6. The average molecular weight is 506 g/mol. The quantitative estimate of drug-likeness (QED) is 0.317. The first-order valence-corrected chi connectivity index (χ1v) is 11.8. The Hall–Kier alpha value is -4.00. The van der Waals surface area contributed by atoms with E-state index in [4.69, 9.17) is 26.3 Å². The second-order valence-electron chi connectivity index (χ2n) is 7.32. The molecule has 2 heterocycles. The Labute approximate surface area is 211 Å². The number of hydrogen-bond donors (Lipinski definition) is 1. The number of para-hydroxylation sites is 1. The molecule has 0 atom stereocenters. The van der Waals surface area contributed by atoms with Crippen LogP contribution in [-0.2, 0) is 13.0 Å². The van der Waals surface area contributed by atoms with Gasteiger partial charge in [-0.2, -0.15) is 5.26 Å². The zero-order valence-electron chi connectivity index (χ0n) is 18.7. The molecule has 0 aliphatic rings. The second kappa shape index (κ2) is 11.4. The van der Waals surface area contributed by atoms with Crippen LogP contribution < -0.4 is 14.8 Å². The number of methoxy groups -OCH3 is 1. The van der Waals surface area contributed by atoms with Crippen LogP contribution in [0.3, 0.4) is 0 Å². The van der Waals surface area contributed by atoms with E-state index in [-0.39, 0.29) is 0 Å². The second-order valence-corrected chi connectivity index (χ2v) is 8.70. The molecule has 0 radical (unpaired) electrons. The summed E-state index contributed by atoms with van der Waals surface area (Å²) < 4.78 is 11.2. The van der Waals surface area contributed by atoms with E-state index in [1.54, 1.807) is 19.2 Å². The van der Waals surface area contributed by atoms with Crippen LogP contribution in [0, 0.1) is 11.3 Å². The summed E-state index contributed by atoms with van der Waals surface area (Å²) in [6.07, 6.45) is 2.31. The van der Waals surface area contributed by atoms with E-state index in [1.165, 1.54) is 6.20 Å². The Kier molecular flexibility index (Phi) is 7.88. The molecule has 2 aromatic carbocycles. The summed E-state index contributed by atoms with van der Waals surface area (Å²) in [5, 5.41) is 21.0. The highest BCUT2D eigenvalue weighted by atomic mass is 35.5. The van der Waals surface area contributed by atoms with Crippen LogP contribution in [0.2, 0.25) is 5.02 Å². The van der Waals surface area contributed by atoms with Crippen LogP contribution in [-0.4, -0.2) is 28.2 Å². The number of rotatable bonds is 9. The van der Waals surface area contributed by atoms with Gasteiger partial charge in [0.15, 0.2) is 0 Å². The first-order valence-electron chi connectivity index (χ1n) is 10.6. The van der Waals surface area contributed by atoms with Crippen molar-refractivity contribution in [3.63, 3.8) is 0 Å². The predicted molar refractivity (Wildman–Crippen MR) is 134 cm³/mol. The molecule has 176 valence electrons. The van der Waals surface area contributed by atoms with E-state index < -0.39 is 5.91 Å². The fourth-order valence-electron chi connectivity index (χ4n) is 3.30. The van der Waals surface area contributed by atoms with Crippen molar-refractivity contribution in [1.29, 1.82) is 5.26 Å². The summed E-state index contributed by atoms with van der Waals surface area (Å²) in [5.74, 6) is 0.221. The molecule has 2 aromatic heterocycles. The van der Waals surface area contributed by atoms with Crippen molar-refractivity contribution < 1.29 is 14.3 Å². The standard InChI is InChI=1S/C25H20ClN5O3S/c1-33-22-7-3-2-6-19(22)20-13-18(5-4-12-27)28-14-21(20)23(32)29-24-30-31-25(35-24)34-15-16-8-10-17(26)11-9-16/h2-3,6-11,13-14H,4-5,15H2,1H3,(H,29,30,32). The Morgan fingerprint density at radius 3 is 2.71 bits per heavy atom. The summed E-state index contributed by atoms with van der Waals surface area (Å²) in [5.41, 5.74) is 3.36. The maximum absolute atomic E-state index is 13.2. The van der Waals surface area contributed by atoms with Gasteiger partial charge in [0.05, 0.1) is 18.7 Å². The minimum Gasteiger partial charge on any atom is -0.496 e.